The molecule has 2 nitrogen and oxygen atoms in total. The molecule has 0 unspecified atom stereocenters. The molecule has 2 heterocycles. The molecule has 2 aliphatic heterocycles. The summed E-state index contributed by atoms with van der Waals surface area (Å²) in [5, 5.41) is 3.11. The Balaban J connectivity index is 0.000000640. The molecule has 0 saturated carbocycles. The van der Waals surface area contributed by atoms with Crippen molar-refractivity contribution in [1.29, 1.82) is 0 Å². The van der Waals surface area contributed by atoms with Crippen LogP contribution in [0.1, 0.15) is 11.1 Å². The van der Waals surface area contributed by atoms with Gasteiger partial charge in [0.2, 0.25) is 0 Å². The highest BCUT2D eigenvalue weighted by Gasteiger charge is 2.15. The highest BCUT2D eigenvalue weighted by atomic mass is 35.5. The first-order valence-corrected chi connectivity index (χ1v) is 4.64. The molecule has 2 aliphatic rings. The molecule has 3 rings (SSSR count). The first-order valence-electron chi connectivity index (χ1n) is 4.64. The fourth-order valence-electron chi connectivity index (χ4n) is 1.79. The van der Waals surface area contributed by atoms with Gasteiger partial charge in [0.1, 0.15) is 0 Å². The molecule has 0 saturated heterocycles. The Morgan fingerprint density at radius 3 is 2.69 bits per heavy atom. The van der Waals surface area contributed by atoms with Crippen LogP contribution in [0, 0.1) is 0 Å². The van der Waals surface area contributed by atoms with E-state index in [4.69, 9.17) is 0 Å². The highest BCUT2D eigenvalue weighted by Crippen LogP contribution is 2.29. The first-order chi connectivity index (χ1) is 6.95. The van der Waals surface area contributed by atoms with Crippen LogP contribution in [-0.2, 0) is 0 Å². The number of nitrogens with zero attached hydrogens (tertiary/aromatic N) is 1. The van der Waals surface area contributed by atoms with Crippen LogP contribution < -0.4 is 5.32 Å². The zero-order valence-corrected chi connectivity index (χ0v) is 10.1. The predicted molar refractivity (Wildman–Crippen MR) is 72.1 cm³/mol. The van der Waals surface area contributed by atoms with Crippen LogP contribution in [0.25, 0.3) is 11.8 Å². The Labute approximate surface area is 107 Å². The highest BCUT2D eigenvalue weighted by molar-refractivity contribution is 5.85. The van der Waals surface area contributed by atoms with Crippen molar-refractivity contribution in [3.05, 3.63) is 60.2 Å². The van der Waals surface area contributed by atoms with Gasteiger partial charge in [-0.1, -0.05) is 24.3 Å². The van der Waals surface area contributed by atoms with E-state index in [9.17, 15) is 0 Å². The summed E-state index contributed by atoms with van der Waals surface area (Å²) in [5.41, 5.74) is 3.74. The molecule has 1 aromatic carbocycles. The lowest BCUT2D eigenvalue weighted by Crippen LogP contribution is -2.18. The van der Waals surface area contributed by atoms with Crippen molar-refractivity contribution in [2.45, 2.75) is 0 Å². The molecule has 0 radical (unpaired) electrons. The van der Waals surface area contributed by atoms with Crippen LogP contribution in [-0.4, -0.2) is 4.90 Å². The summed E-state index contributed by atoms with van der Waals surface area (Å²) >= 11 is 0. The van der Waals surface area contributed by atoms with Gasteiger partial charge in [0, 0.05) is 30.4 Å². The maximum atomic E-state index is 3.11. The second-order valence-corrected chi connectivity index (χ2v) is 3.32. The summed E-state index contributed by atoms with van der Waals surface area (Å²) < 4.78 is 0. The van der Waals surface area contributed by atoms with Crippen LogP contribution >= 0.6 is 24.8 Å². The smallest absolute Gasteiger partial charge is 0.0690 e. The molecule has 84 valence electrons. The van der Waals surface area contributed by atoms with Crippen LogP contribution in [0.3, 0.4) is 0 Å². The zero-order chi connectivity index (χ0) is 9.38. The molecule has 0 amide bonds. The minimum absolute atomic E-state index is 0. The molecular formula is C12H12Cl2N2. The third-order valence-corrected chi connectivity index (χ3v) is 2.48. The van der Waals surface area contributed by atoms with E-state index in [-0.39, 0.29) is 24.8 Å². The monoisotopic (exact) mass is 254 g/mol. The van der Waals surface area contributed by atoms with Crippen molar-refractivity contribution in [1.82, 2.24) is 10.2 Å². The van der Waals surface area contributed by atoms with E-state index in [0.29, 0.717) is 0 Å². The third kappa shape index (κ3) is 1.94. The molecule has 0 atom stereocenters. The Morgan fingerprint density at radius 2 is 1.81 bits per heavy atom. The second-order valence-electron chi connectivity index (χ2n) is 3.32. The topological polar surface area (TPSA) is 15.3 Å². The van der Waals surface area contributed by atoms with Gasteiger partial charge < -0.3 is 10.2 Å². The number of benzene rings is 1. The Bertz CT molecular complexity index is 464. The summed E-state index contributed by atoms with van der Waals surface area (Å²) in [6, 6.07) is 8.39. The molecule has 0 spiro atoms. The molecule has 1 N–H and O–H groups in total. The standard InChI is InChI=1S/C12H10N2.2ClH/c1-2-4-11-10(3-1)5-7-14-8-6-13-9-12(11)14;;/h1-9,13H;2*1H. The van der Waals surface area contributed by atoms with Gasteiger partial charge in [0.15, 0.2) is 0 Å². The normalized spacial score (nSPS) is 14.8. The lowest BCUT2D eigenvalue weighted by molar-refractivity contribution is 0.697. The summed E-state index contributed by atoms with van der Waals surface area (Å²) in [6.45, 7) is 0. The lowest BCUT2D eigenvalue weighted by atomic mass is 10.0. The maximum Gasteiger partial charge on any atom is 0.0690 e. The van der Waals surface area contributed by atoms with E-state index in [0.717, 1.165) is 0 Å². The third-order valence-electron chi connectivity index (χ3n) is 2.48. The van der Waals surface area contributed by atoms with Crippen molar-refractivity contribution in [3.63, 3.8) is 0 Å². The van der Waals surface area contributed by atoms with Gasteiger partial charge in [-0.05, 0) is 11.6 Å². The predicted octanol–water partition coefficient (Wildman–Crippen LogP) is 3.19. The largest absolute Gasteiger partial charge is 0.365 e. The van der Waals surface area contributed by atoms with E-state index in [1.165, 1.54) is 16.8 Å². The molecule has 0 aromatic heterocycles. The van der Waals surface area contributed by atoms with E-state index < -0.39 is 0 Å². The number of rotatable bonds is 0. The van der Waals surface area contributed by atoms with Gasteiger partial charge in [-0.2, -0.15) is 0 Å². The Morgan fingerprint density at radius 1 is 1.00 bits per heavy atom. The summed E-state index contributed by atoms with van der Waals surface area (Å²) in [6.07, 6.45) is 10.2. The van der Waals surface area contributed by atoms with Gasteiger partial charge in [-0.15, -0.1) is 24.8 Å². The van der Waals surface area contributed by atoms with Crippen LogP contribution in [0.15, 0.2) is 49.1 Å². The average Bonchev–Trinajstić information content (AvgIpc) is 2.29. The molecule has 1 aromatic rings. The van der Waals surface area contributed by atoms with Gasteiger partial charge in [-0.25, -0.2) is 0 Å². The second kappa shape index (κ2) is 5.10. The molecule has 0 bridgehead atoms. The number of nitrogens with one attached hydrogen (secondary N) is 1. The van der Waals surface area contributed by atoms with Gasteiger partial charge in [-0.3, -0.25) is 0 Å². The van der Waals surface area contributed by atoms with Gasteiger partial charge in [0.25, 0.3) is 0 Å². The first kappa shape index (κ1) is 12.7. The Kier molecular flexibility index (Phi) is 4.05. The number of hydrogen-bond donors (Lipinski definition) is 1. The van der Waals surface area contributed by atoms with Crippen molar-refractivity contribution in [2.24, 2.45) is 0 Å². The van der Waals surface area contributed by atoms with Gasteiger partial charge in [0.05, 0.1) is 5.70 Å². The molecule has 4 heteroatoms. The molecular weight excluding hydrogens is 243 g/mol. The SMILES string of the molecule is C1=CN2C=Cc3ccccc3C2=CN1.Cl.Cl. The fraction of sp³-hybridized carbons (Fsp3) is 0. The van der Waals surface area contributed by atoms with Crippen molar-refractivity contribution in [3.8, 4) is 0 Å². The number of hydrogen-bond acceptors (Lipinski definition) is 2. The van der Waals surface area contributed by atoms with E-state index in [1.807, 2.05) is 18.6 Å². The summed E-state index contributed by atoms with van der Waals surface area (Å²) in [7, 11) is 0. The van der Waals surface area contributed by atoms with E-state index in [1.54, 1.807) is 0 Å². The minimum atomic E-state index is 0. The quantitative estimate of drug-likeness (QED) is 0.765. The van der Waals surface area contributed by atoms with E-state index in [2.05, 4.69) is 46.8 Å². The van der Waals surface area contributed by atoms with Crippen molar-refractivity contribution < 1.29 is 0 Å². The Hall–Kier alpha value is -1.38. The lowest BCUT2D eigenvalue weighted by Gasteiger charge is -2.27. The van der Waals surface area contributed by atoms with E-state index >= 15 is 0 Å². The number of halogens is 2. The number of fused-ring (bicyclic) bond motifs is 3. The van der Waals surface area contributed by atoms with Crippen LogP contribution in [0.2, 0.25) is 0 Å². The summed E-state index contributed by atoms with van der Waals surface area (Å²) in [5.74, 6) is 0. The van der Waals surface area contributed by atoms with Crippen molar-refractivity contribution >= 4 is 36.6 Å². The van der Waals surface area contributed by atoms with Gasteiger partial charge >= 0.3 is 0 Å². The van der Waals surface area contributed by atoms with Crippen molar-refractivity contribution in [2.75, 3.05) is 0 Å². The maximum absolute atomic E-state index is 3.11. The fourth-order valence-corrected chi connectivity index (χ4v) is 1.79. The van der Waals surface area contributed by atoms with Crippen LogP contribution in [0.5, 0.6) is 0 Å². The minimum Gasteiger partial charge on any atom is -0.365 e. The summed E-state index contributed by atoms with van der Waals surface area (Å²) in [4.78, 5) is 2.11. The molecule has 0 aliphatic carbocycles. The molecule has 0 fully saturated rings. The average molecular weight is 255 g/mol. The molecule has 16 heavy (non-hydrogen) atoms. The zero-order valence-electron chi connectivity index (χ0n) is 8.46. The van der Waals surface area contributed by atoms with Crippen LogP contribution in [0.4, 0.5) is 0 Å².